The van der Waals surface area contributed by atoms with E-state index in [0.717, 1.165) is 28.0 Å². The second kappa shape index (κ2) is 7.52. The topological polar surface area (TPSA) is 94.6 Å². The van der Waals surface area contributed by atoms with E-state index in [0.29, 0.717) is 11.3 Å². The third-order valence-corrected chi connectivity index (χ3v) is 4.68. The number of nitrogens with zero attached hydrogens (tertiary/aromatic N) is 1. The van der Waals surface area contributed by atoms with Crippen molar-refractivity contribution < 1.29 is 19.0 Å². The summed E-state index contributed by atoms with van der Waals surface area (Å²) in [6.45, 7) is 9.42. The van der Waals surface area contributed by atoms with Gasteiger partial charge in [0.25, 0.3) is 0 Å². The molecule has 0 bridgehead atoms. The van der Waals surface area contributed by atoms with Gasteiger partial charge in [-0.1, -0.05) is 6.07 Å². The number of methoxy groups -OCH3 is 1. The molecule has 1 heterocycles. The standard InChI is InChI=1S/C20H24N2O4/c1-7-25-20(23)16-13(5)26-19(22)15(9-21)17(16)14-8-10(2)18(24-6)12(4)11(14)3/h8,17H,7,22H2,1-6H3. The van der Waals surface area contributed by atoms with Crippen LogP contribution in [0.15, 0.2) is 28.9 Å². The molecule has 0 fully saturated rings. The number of nitriles is 1. The van der Waals surface area contributed by atoms with Gasteiger partial charge in [-0.15, -0.1) is 0 Å². The smallest absolute Gasteiger partial charge is 0.338 e. The molecule has 1 aliphatic heterocycles. The quantitative estimate of drug-likeness (QED) is 0.832. The molecule has 0 radical (unpaired) electrons. The fourth-order valence-electron chi connectivity index (χ4n) is 3.37. The van der Waals surface area contributed by atoms with E-state index >= 15 is 0 Å². The molecule has 6 heteroatoms. The lowest BCUT2D eigenvalue weighted by molar-refractivity contribution is -0.139. The molecule has 0 amide bonds. The number of carbonyl (C=O) groups excluding carboxylic acids is 1. The zero-order valence-corrected chi connectivity index (χ0v) is 16.0. The maximum absolute atomic E-state index is 12.6. The lowest BCUT2D eigenvalue weighted by Gasteiger charge is -2.29. The number of allylic oxidation sites excluding steroid dienone is 2. The first-order valence-electron chi connectivity index (χ1n) is 8.38. The van der Waals surface area contributed by atoms with Crippen molar-refractivity contribution >= 4 is 5.97 Å². The van der Waals surface area contributed by atoms with E-state index in [-0.39, 0.29) is 18.1 Å². The van der Waals surface area contributed by atoms with Gasteiger partial charge in [-0.05, 0) is 56.9 Å². The number of aryl methyl sites for hydroxylation is 1. The van der Waals surface area contributed by atoms with E-state index in [4.69, 9.17) is 19.9 Å². The summed E-state index contributed by atoms with van der Waals surface area (Å²) in [6.07, 6.45) is 0. The number of hydrogen-bond donors (Lipinski definition) is 1. The van der Waals surface area contributed by atoms with Crippen LogP contribution in [0.5, 0.6) is 5.75 Å². The Kier molecular flexibility index (Phi) is 5.61. The Bertz CT molecular complexity index is 860. The second-order valence-corrected chi connectivity index (χ2v) is 6.18. The van der Waals surface area contributed by atoms with Crippen molar-refractivity contribution in [1.29, 1.82) is 5.26 Å². The first-order valence-corrected chi connectivity index (χ1v) is 8.38. The van der Waals surface area contributed by atoms with E-state index in [9.17, 15) is 10.1 Å². The summed E-state index contributed by atoms with van der Waals surface area (Å²) < 4.78 is 16.1. The molecule has 0 saturated heterocycles. The number of ether oxygens (including phenoxy) is 3. The molecule has 6 nitrogen and oxygen atoms in total. The monoisotopic (exact) mass is 356 g/mol. The predicted octanol–water partition coefficient (Wildman–Crippen LogP) is 3.27. The van der Waals surface area contributed by atoms with Crippen LogP contribution in [0, 0.1) is 32.1 Å². The number of hydrogen-bond acceptors (Lipinski definition) is 6. The highest BCUT2D eigenvalue weighted by atomic mass is 16.5. The number of esters is 1. The highest BCUT2D eigenvalue weighted by Crippen LogP contribution is 2.43. The molecule has 138 valence electrons. The minimum absolute atomic E-state index is 0.00794. The minimum atomic E-state index is -0.642. The van der Waals surface area contributed by atoms with Gasteiger partial charge in [0.2, 0.25) is 5.88 Å². The third-order valence-electron chi connectivity index (χ3n) is 4.68. The van der Waals surface area contributed by atoms with Crippen LogP contribution in [0.1, 0.15) is 42.0 Å². The van der Waals surface area contributed by atoms with Gasteiger partial charge in [-0.25, -0.2) is 4.79 Å². The zero-order valence-electron chi connectivity index (χ0n) is 16.0. The zero-order chi connectivity index (χ0) is 19.6. The summed E-state index contributed by atoms with van der Waals surface area (Å²) in [5.74, 6) is -0.0203. The van der Waals surface area contributed by atoms with Crippen LogP contribution >= 0.6 is 0 Å². The van der Waals surface area contributed by atoms with Crippen molar-refractivity contribution in [2.24, 2.45) is 5.73 Å². The predicted molar refractivity (Wildman–Crippen MR) is 97.2 cm³/mol. The maximum Gasteiger partial charge on any atom is 0.338 e. The first kappa shape index (κ1) is 19.4. The van der Waals surface area contributed by atoms with Gasteiger partial charge in [0, 0.05) is 0 Å². The number of rotatable bonds is 4. The van der Waals surface area contributed by atoms with E-state index < -0.39 is 11.9 Å². The third kappa shape index (κ3) is 3.13. The Morgan fingerprint density at radius 2 is 1.96 bits per heavy atom. The van der Waals surface area contributed by atoms with Crippen LogP contribution in [0.25, 0.3) is 0 Å². The Morgan fingerprint density at radius 3 is 2.50 bits per heavy atom. The maximum atomic E-state index is 12.6. The lowest BCUT2D eigenvalue weighted by atomic mass is 9.79. The lowest BCUT2D eigenvalue weighted by Crippen LogP contribution is -2.26. The van der Waals surface area contributed by atoms with Gasteiger partial charge in [0.15, 0.2) is 0 Å². The fraction of sp³-hybridized carbons (Fsp3) is 0.400. The molecule has 0 aliphatic carbocycles. The van der Waals surface area contributed by atoms with Gasteiger partial charge in [0.1, 0.15) is 23.2 Å². The molecule has 0 aromatic heterocycles. The molecule has 2 rings (SSSR count). The summed E-state index contributed by atoms with van der Waals surface area (Å²) in [6, 6.07) is 4.03. The van der Waals surface area contributed by atoms with Crippen LogP contribution in [0.3, 0.4) is 0 Å². The molecule has 1 atom stereocenters. The number of benzene rings is 1. The first-order chi connectivity index (χ1) is 12.3. The molecule has 1 aromatic rings. The van der Waals surface area contributed by atoms with Gasteiger partial charge >= 0.3 is 5.97 Å². The highest BCUT2D eigenvalue weighted by molar-refractivity contribution is 5.92. The molecule has 26 heavy (non-hydrogen) atoms. The Morgan fingerprint density at radius 1 is 1.31 bits per heavy atom. The summed E-state index contributed by atoms with van der Waals surface area (Å²) in [5.41, 5.74) is 10.0. The molecule has 0 spiro atoms. The van der Waals surface area contributed by atoms with Crippen LogP contribution in [0.4, 0.5) is 0 Å². The molecular weight excluding hydrogens is 332 g/mol. The van der Waals surface area contributed by atoms with Gasteiger partial charge in [-0.2, -0.15) is 5.26 Å². The van der Waals surface area contributed by atoms with Crippen LogP contribution < -0.4 is 10.5 Å². The SMILES string of the molecule is CCOC(=O)C1=C(C)OC(N)=C(C#N)C1c1cc(C)c(OC)c(C)c1C. The molecule has 1 aliphatic rings. The average Bonchev–Trinajstić information content (AvgIpc) is 2.58. The van der Waals surface area contributed by atoms with E-state index in [1.54, 1.807) is 21.0 Å². The van der Waals surface area contributed by atoms with Gasteiger partial charge in [-0.3, -0.25) is 0 Å². The average molecular weight is 356 g/mol. The van der Waals surface area contributed by atoms with Crippen LogP contribution in [-0.4, -0.2) is 19.7 Å². The summed E-state index contributed by atoms with van der Waals surface area (Å²) in [4.78, 5) is 12.6. The molecule has 1 aromatic carbocycles. The summed E-state index contributed by atoms with van der Waals surface area (Å²) >= 11 is 0. The Balaban J connectivity index is 2.78. The normalized spacial score (nSPS) is 16.9. The largest absolute Gasteiger partial charge is 0.496 e. The molecular formula is C20H24N2O4. The number of carbonyl (C=O) groups is 1. The molecule has 0 saturated carbocycles. The van der Waals surface area contributed by atoms with Crippen molar-refractivity contribution in [3.8, 4) is 11.8 Å². The van der Waals surface area contributed by atoms with Gasteiger partial charge in [0.05, 0.1) is 25.2 Å². The van der Waals surface area contributed by atoms with E-state index in [1.165, 1.54) is 0 Å². The van der Waals surface area contributed by atoms with E-state index in [2.05, 4.69) is 6.07 Å². The Hall–Kier alpha value is -2.94. The Labute approximate surface area is 153 Å². The van der Waals surface area contributed by atoms with Crippen molar-refractivity contribution in [1.82, 2.24) is 0 Å². The van der Waals surface area contributed by atoms with Crippen molar-refractivity contribution in [2.75, 3.05) is 13.7 Å². The fourth-order valence-corrected chi connectivity index (χ4v) is 3.37. The van der Waals surface area contributed by atoms with Crippen LogP contribution in [0.2, 0.25) is 0 Å². The molecule has 1 unspecified atom stereocenters. The van der Waals surface area contributed by atoms with Gasteiger partial charge < -0.3 is 19.9 Å². The van der Waals surface area contributed by atoms with Crippen molar-refractivity contribution in [3.05, 3.63) is 51.1 Å². The highest BCUT2D eigenvalue weighted by Gasteiger charge is 2.37. The van der Waals surface area contributed by atoms with E-state index in [1.807, 2.05) is 26.8 Å². The van der Waals surface area contributed by atoms with Crippen molar-refractivity contribution in [2.45, 2.75) is 40.5 Å². The molecule has 2 N–H and O–H groups in total. The number of nitrogens with two attached hydrogens (primary N) is 1. The minimum Gasteiger partial charge on any atom is -0.496 e. The summed E-state index contributed by atoms with van der Waals surface area (Å²) in [7, 11) is 1.62. The summed E-state index contributed by atoms with van der Waals surface area (Å²) in [5, 5.41) is 9.67. The van der Waals surface area contributed by atoms with Crippen LogP contribution in [-0.2, 0) is 14.3 Å². The second-order valence-electron chi connectivity index (χ2n) is 6.18. The van der Waals surface area contributed by atoms with Crippen molar-refractivity contribution in [3.63, 3.8) is 0 Å².